The van der Waals surface area contributed by atoms with Gasteiger partial charge in [0.05, 0.1) is 0 Å². The average molecular weight is 144 g/mol. The van der Waals surface area contributed by atoms with Crippen LogP contribution in [0.25, 0.3) is 0 Å². The van der Waals surface area contributed by atoms with Crippen molar-refractivity contribution in [2.45, 2.75) is 6.42 Å². The molecule has 6 rings (SSSR count). The van der Waals surface area contributed by atoms with Gasteiger partial charge in [0.15, 0.2) is 0 Å². The fourth-order valence-corrected chi connectivity index (χ4v) is 6.14. The topological polar surface area (TPSA) is 0 Å². The summed E-state index contributed by atoms with van der Waals surface area (Å²) in [4.78, 5) is 0. The molecule has 0 heterocycles. The molecule has 0 aromatic carbocycles. The van der Waals surface area contributed by atoms with Crippen molar-refractivity contribution in [2.24, 2.45) is 46.8 Å². The summed E-state index contributed by atoms with van der Waals surface area (Å²) in [6.45, 7) is 4.07. The molecule has 11 heavy (non-hydrogen) atoms. The lowest BCUT2D eigenvalue weighted by Gasteiger charge is -2.05. The number of rotatable bonds is 1. The maximum atomic E-state index is 4.07. The summed E-state index contributed by atoms with van der Waals surface area (Å²) in [5.74, 6) is 8.30. The predicted molar refractivity (Wildman–Crippen MR) is 41.7 cm³/mol. The number of hydrogen-bond donors (Lipinski definition) is 0. The summed E-state index contributed by atoms with van der Waals surface area (Å²) in [6.07, 6.45) is 3.97. The van der Waals surface area contributed by atoms with E-state index in [0.717, 1.165) is 17.3 Å². The maximum Gasteiger partial charge on any atom is -0.00189 e. The average Bonchev–Trinajstić information content (AvgIpc) is 2.79. The molecule has 0 radical (unpaired) electrons. The minimum atomic E-state index is 0.753. The Balaban J connectivity index is 1.91. The molecule has 56 valence electrons. The Labute approximate surface area is 66.7 Å². The van der Waals surface area contributed by atoms with E-state index in [1.54, 1.807) is 6.42 Å². The van der Waals surface area contributed by atoms with E-state index in [2.05, 4.69) is 12.7 Å². The largest absolute Gasteiger partial charge is 0.102 e. The van der Waals surface area contributed by atoms with Crippen LogP contribution >= 0.6 is 0 Å². The van der Waals surface area contributed by atoms with Crippen LogP contribution in [0.5, 0.6) is 0 Å². The smallest absolute Gasteiger partial charge is 0.00189 e. The van der Waals surface area contributed by atoms with E-state index in [1.807, 2.05) is 0 Å². The molecule has 0 spiro atoms. The van der Waals surface area contributed by atoms with Crippen LogP contribution in [-0.4, -0.2) is 0 Å². The third-order valence-electron chi connectivity index (χ3n) is 5.95. The Kier molecular flexibility index (Phi) is 0.384. The van der Waals surface area contributed by atoms with Crippen molar-refractivity contribution < 1.29 is 0 Å². The second kappa shape index (κ2) is 0.901. The minimum Gasteiger partial charge on any atom is -0.102 e. The third-order valence-corrected chi connectivity index (χ3v) is 5.95. The molecule has 6 aliphatic rings. The molecule has 6 saturated carbocycles. The van der Waals surface area contributed by atoms with Crippen molar-refractivity contribution in [1.82, 2.24) is 0 Å². The summed E-state index contributed by atoms with van der Waals surface area (Å²) >= 11 is 0. The first kappa shape index (κ1) is 4.69. The second-order valence-electron chi connectivity index (χ2n) is 5.50. The van der Waals surface area contributed by atoms with Crippen LogP contribution in [0.4, 0.5) is 0 Å². The van der Waals surface area contributed by atoms with Crippen LogP contribution in [0, 0.1) is 46.8 Å². The Morgan fingerprint density at radius 3 is 2.00 bits per heavy atom. The zero-order chi connectivity index (χ0) is 6.96. The first-order valence-corrected chi connectivity index (χ1v) is 5.05. The summed E-state index contributed by atoms with van der Waals surface area (Å²) in [6, 6.07) is 0. The van der Waals surface area contributed by atoms with Gasteiger partial charge in [-0.3, -0.25) is 0 Å². The van der Waals surface area contributed by atoms with Gasteiger partial charge in [-0.2, -0.15) is 0 Å². The highest BCUT2D eigenvalue weighted by atomic mass is 15.0. The Morgan fingerprint density at radius 2 is 1.73 bits per heavy atom. The van der Waals surface area contributed by atoms with Gasteiger partial charge in [0.1, 0.15) is 0 Å². The van der Waals surface area contributed by atoms with Gasteiger partial charge in [0.25, 0.3) is 0 Å². The second-order valence-corrected chi connectivity index (χ2v) is 5.50. The highest BCUT2D eigenvalue weighted by Crippen LogP contribution is 3.00. The Morgan fingerprint density at radius 1 is 1.09 bits per heavy atom. The minimum absolute atomic E-state index is 0.753. The summed E-state index contributed by atoms with van der Waals surface area (Å²) in [5.41, 5.74) is 0.753. The fraction of sp³-hybridized carbons (Fsp3) is 0.818. The van der Waals surface area contributed by atoms with Crippen molar-refractivity contribution in [1.29, 1.82) is 0 Å². The lowest BCUT2D eigenvalue weighted by Crippen LogP contribution is -2.00. The molecule has 0 aromatic rings. The van der Waals surface area contributed by atoms with Crippen LogP contribution in [0.1, 0.15) is 6.42 Å². The van der Waals surface area contributed by atoms with Gasteiger partial charge >= 0.3 is 0 Å². The molecule has 2 unspecified atom stereocenters. The van der Waals surface area contributed by atoms with Gasteiger partial charge in [-0.25, -0.2) is 0 Å². The molecular weight excluding hydrogens is 132 g/mol. The maximum absolute atomic E-state index is 4.07. The molecule has 0 heteroatoms. The van der Waals surface area contributed by atoms with Crippen LogP contribution < -0.4 is 0 Å². The lowest BCUT2D eigenvalue weighted by atomic mass is 9.99. The van der Waals surface area contributed by atoms with Gasteiger partial charge in [-0.15, -0.1) is 6.58 Å². The molecule has 6 fully saturated rings. The normalized spacial score (nSPS) is 89.3. The van der Waals surface area contributed by atoms with Gasteiger partial charge in [0, 0.05) is 0 Å². The summed E-state index contributed by atoms with van der Waals surface area (Å²) in [7, 11) is 0. The highest BCUT2D eigenvalue weighted by Gasteiger charge is 2.96. The van der Waals surface area contributed by atoms with Gasteiger partial charge in [-0.1, -0.05) is 6.08 Å². The summed E-state index contributed by atoms with van der Waals surface area (Å²) < 4.78 is 0. The molecule has 8 atom stereocenters. The lowest BCUT2D eigenvalue weighted by molar-refractivity contribution is 0.434. The number of allylic oxidation sites excluding steroid dienone is 1. The van der Waals surface area contributed by atoms with E-state index in [0.29, 0.717) is 0 Å². The van der Waals surface area contributed by atoms with Crippen molar-refractivity contribution >= 4 is 0 Å². The molecule has 0 N–H and O–H groups in total. The van der Waals surface area contributed by atoms with Crippen molar-refractivity contribution in [3.63, 3.8) is 0 Å². The van der Waals surface area contributed by atoms with Crippen molar-refractivity contribution in [3.8, 4) is 0 Å². The van der Waals surface area contributed by atoms with Gasteiger partial charge in [-0.05, 0) is 53.3 Å². The number of hydrogen-bond acceptors (Lipinski definition) is 0. The highest BCUT2D eigenvalue weighted by molar-refractivity contribution is 5.47. The standard InChI is InChI=1S/C11H12/c1-2-11-8-4-3-5(9(8)11)7-6(4)10(7)11/h2,4-10H,1,3H2/t4-,5+,6-,7+,8-,9-,10?,11?/m1/s1. The predicted octanol–water partition coefficient (Wildman–Crippen LogP) is 1.93. The molecule has 0 aliphatic heterocycles. The zero-order valence-corrected chi connectivity index (χ0v) is 6.53. The van der Waals surface area contributed by atoms with Gasteiger partial charge < -0.3 is 0 Å². The van der Waals surface area contributed by atoms with Crippen LogP contribution in [0.15, 0.2) is 12.7 Å². The Bertz CT molecular complexity index is 276. The summed E-state index contributed by atoms with van der Waals surface area (Å²) in [5, 5.41) is 0. The van der Waals surface area contributed by atoms with E-state index in [-0.39, 0.29) is 0 Å². The van der Waals surface area contributed by atoms with E-state index in [1.165, 1.54) is 29.6 Å². The monoisotopic (exact) mass is 144 g/mol. The molecule has 6 aliphatic carbocycles. The van der Waals surface area contributed by atoms with Gasteiger partial charge in [0.2, 0.25) is 0 Å². The van der Waals surface area contributed by atoms with E-state index < -0.39 is 0 Å². The van der Waals surface area contributed by atoms with Crippen molar-refractivity contribution in [2.75, 3.05) is 0 Å². The zero-order valence-electron chi connectivity index (χ0n) is 6.53. The van der Waals surface area contributed by atoms with Crippen LogP contribution in [0.3, 0.4) is 0 Å². The third kappa shape index (κ3) is 0.210. The first-order chi connectivity index (χ1) is 5.41. The molecule has 0 amide bonds. The van der Waals surface area contributed by atoms with E-state index in [4.69, 9.17) is 0 Å². The van der Waals surface area contributed by atoms with Crippen LogP contribution in [-0.2, 0) is 0 Å². The molecular formula is C11H12. The van der Waals surface area contributed by atoms with E-state index in [9.17, 15) is 0 Å². The van der Waals surface area contributed by atoms with Crippen LogP contribution in [0.2, 0.25) is 0 Å². The molecule has 0 aromatic heterocycles. The van der Waals surface area contributed by atoms with Crippen molar-refractivity contribution in [3.05, 3.63) is 12.7 Å². The Hall–Kier alpha value is -0.260. The molecule has 0 nitrogen and oxygen atoms in total. The SMILES string of the molecule is C=CC12C3[C@@H]4[C@H]5C[C@@H]([C@H]34)[C@@H]1[C@@H]52. The molecule has 0 saturated heterocycles. The fourth-order valence-electron chi connectivity index (χ4n) is 6.14. The quantitative estimate of drug-likeness (QED) is 0.493. The first-order valence-electron chi connectivity index (χ1n) is 5.05. The molecule has 2 bridgehead atoms. The van der Waals surface area contributed by atoms with E-state index >= 15 is 0 Å².